The van der Waals surface area contributed by atoms with Crippen molar-refractivity contribution in [2.24, 2.45) is 0 Å². The second-order valence-electron chi connectivity index (χ2n) is 5.20. The lowest BCUT2D eigenvalue weighted by atomic mass is 10.1. The minimum absolute atomic E-state index is 0.121. The van der Waals surface area contributed by atoms with Crippen LogP contribution in [0.15, 0.2) is 70.5 Å². The van der Waals surface area contributed by atoms with E-state index in [4.69, 9.17) is 0 Å². The van der Waals surface area contributed by atoms with Gasteiger partial charge in [0.15, 0.2) is 0 Å². The molecule has 2 aromatic rings. The average Bonchev–Trinajstić information content (AvgIpc) is 2.56. The largest absolute Gasteiger partial charge is 0.346 e. The number of amides is 2. The van der Waals surface area contributed by atoms with Crippen molar-refractivity contribution in [3.05, 3.63) is 71.1 Å². The van der Waals surface area contributed by atoms with Gasteiger partial charge in [-0.15, -0.1) is 0 Å². The molecule has 0 radical (unpaired) electrons. The van der Waals surface area contributed by atoms with Crippen LogP contribution in [-0.4, -0.2) is 11.8 Å². The SMILES string of the molecule is C[C@H](NC(=O)/C=C1\Sc2ccccc2NC1=O)c1ccccc1. The molecule has 2 amide bonds. The number of anilines is 1. The molecule has 1 aliphatic heterocycles. The normalized spacial score (nSPS) is 16.4. The van der Waals surface area contributed by atoms with Crippen molar-refractivity contribution in [1.29, 1.82) is 0 Å². The fourth-order valence-corrected chi connectivity index (χ4v) is 3.22. The zero-order valence-corrected chi connectivity index (χ0v) is 13.4. The molecule has 0 aromatic heterocycles. The van der Waals surface area contributed by atoms with Crippen LogP contribution < -0.4 is 10.6 Å². The number of carbonyl (C=O) groups excluding carboxylic acids is 2. The molecule has 0 saturated heterocycles. The van der Waals surface area contributed by atoms with E-state index >= 15 is 0 Å². The van der Waals surface area contributed by atoms with Crippen molar-refractivity contribution in [3.8, 4) is 0 Å². The fraction of sp³-hybridized carbons (Fsp3) is 0.111. The number of para-hydroxylation sites is 1. The molecule has 4 nitrogen and oxygen atoms in total. The third-order valence-electron chi connectivity index (χ3n) is 3.50. The third-order valence-corrected chi connectivity index (χ3v) is 4.60. The van der Waals surface area contributed by atoms with Crippen LogP contribution in [0.5, 0.6) is 0 Å². The molecule has 0 unspecified atom stereocenters. The third kappa shape index (κ3) is 3.63. The molecule has 3 rings (SSSR count). The standard InChI is InChI=1S/C18H16N2O2S/c1-12(13-7-3-2-4-8-13)19-17(21)11-16-18(22)20-14-9-5-6-10-15(14)23-16/h2-12H,1H3,(H,19,21)(H,20,22)/b16-11-/t12-/m0/s1. The van der Waals surface area contributed by atoms with Gasteiger partial charge in [-0.3, -0.25) is 9.59 Å². The minimum Gasteiger partial charge on any atom is -0.346 e. The molecular formula is C18H16N2O2S. The summed E-state index contributed by atoms with van der Waals surface area (Å²) in [5.41, 5.74) is 1.79. The molecule has 1 aliphatic rings. The van der Waals surface area contributed by atoms with Gasteiger partial charge in [0.05, 0.1) is 16.6 Å². The lowest BCUT2D eigenvalue weighted by Gasteiger charge is -2.18. The van der Waals surface area contributed by atoms with Gasteiger partial charge in [0.25, 0.3) is 5.91 Å². The summed E-state index contributed by atoms with van der Waals surface area (Å²) in [4.78, 5) is 25.6. The number of benzene rings is 2. The Balaban J connectivity index is 1.72. The predicted molar refractivity (Wildman–Crippen MR) is 92.0 cm³/mol. The molecular weight excluding hydrogens is 308 g/mol. The highest BCUT2D eigenvalue weighted by Crippen LogP contribution is 2.37. The van der Waals surface area contributed by atoms with E-state index in [-0.39, 0.29) is 17.9 Å². The van der Waals surface area contributed by atoms with Crippen molar-refractivity contribution in [1.82, 2.24) is 5.32 Å². The Bertz CT molecular complexity index is 772. The van der Waals surface area contributed by atoms with Crippen LogP contribution in [0.4, 0.5) is 5.69 Å². The van der Waals surface area contributed by atoms with Gasteiger partial charge < -0.3 is 10.6 Å². The summed E-state index contributed by atoms with van der Waals surface area (Å²) >= 11 is 1.30. The number of hydrogen-bond acceptors (Lipinski definition) is 3. The minimum atomic E-state index is -0.279. The monoisotopic (exact) mass is 324 g/mol. The summed E-state index contributed by atoms with van der Waals surface area (Å²) in [6.07, 6.45) is 1.36. The Kier molecular flexibility index (Phi) is 4.48. The molecule has 0 saturated carbocycles. The lowest BCUT2D eigenvalue weighted by molar-refractivity contribution is -0.118. The Labute approximate surface area is 139 Å². The van der Waals surface area contributed by atoms with Crippen LogP contribution in [0.1, 0.15) is 18.5 Å². The molecule has 116 valence electrons. The summed E-state index contributed by atoms with van der Waals surface area (Å²) in [6.45, 7) is 1.91. The van der Waals surface area contributed by atoms with Gasteiger partial charge in [0.2, 0.25) is 5.91 Å². The van der Waals surface area contributed by atoms with Gasteiger partial charge in [-0.05, 0) is 24.6 Å². The first-order chi connectivity index (χ1) is 11.1. The van der Waals surface area contributed by atoms with E-state index in [0.29, 0.717) is 4.91 Å². The summed E-state index contributed by atoms with van der Waals surface area (Å²) in [6, 6.07) is 17.1. The predicted octanol–water partition coefficient (Wildman–Crippen LogP) is 3.49. The van der Waals surface area contributed by atoms with E-state index in [1.165, 1.54) is 17.8 Å². The van der Waals surface area contributed by atoms with Crippen molar-refractivity contribution >= 4 is 29.3 Å². The highest BCUT2D eigenvalue weighted by molar-refractivity contribution is 8.04. The van der Waals surface area contributed by atoms with Crippen molar-refractivity contribution in [2.45, 2.75) is 17.9 Å². The van der Waals surface area contributed by atoms with Crippen LogP contribution in [0.2, 0.25) is 0 Å². The van der Waals surface area contributed by atoms with Crippen LogP contribution in [0, 0.1) is 0 Å². The summed E-state index contributed by atoms with van der Waals surface area (Å²) in [7, 11) is 0. The molecule has 2 N–H and O–H groups in total. The number of thioether (sulfide) groups is 1. The molecule has 23 heavy (non-hydrogen) atoms. The molecule has 0 aliphatic carbocycles. The zero-order valence-electron chi connectivity index (χ0n) is 12.6. The first-order valence-electron chi connectivity index (χ1n) is 7.29. The number of carbonyl (C=O) groups is 2. The molecule has 0 bridgehead atoms. The second kappa shape index (κ2) is 6.71. The molecule has 0 spiro atoms. The Morgan fingerprint density at radius 2 is 1.83 bits per heavy atom. The number of nitrogens with one attached hydrogen (secondary N) is 2. The fourth-order valence-electron chi connectivity index (χ4n) is 2.30. The van der Waals surface area contributed by atoms with Gasteiger partial charge in [-0.2, -0.15) is 0 Å². The van der Waals surface area contributed by atoms with E-state index in [1.807, 2.05) is 61.5 Å². The topological polar surface area (TPSA) is 58.2 Å². The first-order valence-corrected chi connectivity index (χ1v) is 8.10. The lowest BCUT2D eigenvalue weighted by Crippen LogP contribution is -2.26. The highest BCUT2D eigenvalue weighted by Gasteiger charge is 2.21. The van der Waals surface area contributed by atoms with Gasteiger partial charge in [0, 0.05) is 11.0 Å². The van der Waals surface area contributed by atoms with E-state index in [9.17, 15) is 9.59 Å². The number of hydrogen-bond donors (Lipinski definition) is 2. The Morgan fingerprint density at radius 1 is 1.13 bits per heavy atom. The summed E-state index contributed by atoms with van der Waals surface area (Å²) in [5.74, 6) is -0.533. The van der Waals surface area contributed by atoms with Gasteiger partial charge >= 0.3 is 0 Å². The second-order valence-corrected chi connectivity index (χ2v) is 6.29. The smallest absolute Gasteiger partial charge is 0.262 e. The quantitative estimate of drug-likeness (QED) is 0.850. The Hall–Kier alpha value is -2.53. The van der Waals surface area contributed by atoms with Gasteiger partial charge in [0.1, 0.15) is 0 Å². The molecule has 5 heteroatoms. The highest BCUT2D eigenvalue weighted by atomic mass is 32.2. The van der Waals surface area contributed by atoms with E-state index in [2.05, 4.69) is 10.6 Å². The molecule has 0 fully saturated rings. The Morgan fingerprint density at radius 3 is 2.61 bits per heavy atom. The maximum Gasteiger partial charge on any atom is 0.262 e. The van der Waals surface area contributed by atoms with Crippen LogP contribution in [-0.2, 0) is 9.59 Å². The maximum atomic E-state index is 12.2. The van der Waals surface area contributed by atoms with Crippen molar-refractivity contribution in [2.75, 3.05) is 5.32 Å². The van der Waals surface area contributed by atoms with Crippen molar-refractivity contribution < 1.29 is 9.59 Å². The van der Waals surface area contributed by atoms with Crippen molar-refractivity contribution in [3.63, 3.8) is 0 Å². The maximum absolute atomic E-state index is 12.2. The average molecular weight is 324 g/mol. The van der Waals surface area contributed by atoms with E-state index in [0.717, 1.165) is 16.1 Å². The van der Waals surface area contributed by atoms with Crippen LogP contribution in [0.3, 0.4) is 0 Å². The molecule has 1 atom stereocenters. The van der Waals surface area contributed by atoms with Crippen LogP contribution in [0.25, 0.3) is 0 Å². The zero-order chi connectivity index (χ0) is 16.2. The number of fused-ring (bicyclic) bond motifs is 1. The number of rotatable bonds is 3. The molecule has 2 aromatic carbocycles. The summed E-state index contributed by atoms with van der Waals surface area (Å²) in [5, 5.41) is 5.67. The van der Waals surface area contributed by atoms with E-state index < -0.39 is 0 Å². The van der Waals surface area contributed by atoms with Gasteiger partial charge in [-0.25, -0.2) is 0 Å². The summed E-state index contributed by atoms with van der Waals surface area (Å²) < 4.78 is 0. The first kappa shape index (κ1) is 15.4. The van der Waals surface area contributed by atoms with Crippen LogP contribution >= 0.6 is 11.8 Å². The van der Waals surface area contributed by atoms with E-state index in [1.54, 1.807) is 0 Å². The van der Waals surface area contributed by atoms with Gasteiger partial charge in [-0.1, -0.05) is 54.2 Å². The molecule has 1 heterocycles.